The van der Waals surface area contributed by atoms with Gasteiger partial charge in [0.1, 0.15) is 0 Å². The number of hydrogen-bond donors (Lipinski definition) is 2. The molecule has 0 aliphatic rings. The van der Waals surface area contributed by atoms with Crippen molar-refractivity contribution < 1.29 is 13.2 Å². The van der Waals surface area contributed by atoms with Crippen LogP contribution in [0.3, 0.4) is 0 Å². The van der Waals surface area contributed by atoms with Crippen molar-refractivity contribution in [1.82, 2.24) is 15.6 Å². The monoisotopic (exact) mass is 478 g/mol. The summed E-state index contributed by atoms with van der Waals surface area (Å²) in [6.07, 6.45) is 0.702. The Bertz CT molecular complexity index is 491. The largest absolute Gasteiger partial charge is 0.434 e. The van der Waals surface area contributed by atoms with E-state index in [1.54, 1.807) is 7.05 Å². The number of aliphatic imine (C=N–C) groups is 1. The molecule has 0 spiro atoms. The van der Waals surface area contributed by atoms with Gasteiger partial charge in [-0.05, 0) is 13.3 Å². The van der Waals surface area contributed by atoms with Crippen LogP contribution >= 0.6 is 35.3 Å². The number of guanidine groups is 1. The lowest BCUT2D eigenvalue weighted by Crippen LogP contribution is -2.42. The number of alkyl halides is 3. The molecule has 0 aliphatic heterocycles. The maximum absolute atomic E-state index is 12.5. The molecule has 2 N–H and O–H groups in total. The van der Waals surface area contributed by atoms with Gasteiger partial charge in [0, 0.05) is 31.4 Å². The summed E-state index contributed by atoms with van der Waals surface area (Å²) in [6.45, 7) is 4.76. The van der Waals surface area contributed by atoms with Crippen molar-refractivity contribution in [3.63, 3.8) is 0 Å². The van der Waals surface area contributed by atoms with Crippen LogP contribution in [0.25, 0.3) is 0 Å². The van der Waals surface area contributed by atoms with Crippen LogP contribution in [0.1, 0.15) is 50.2 Å². The highest BCUT2D eigenvalue weighted by Crippen LogP contribution is 2.29. The SMILES string of the molecule is CCCCCC(C)NC(=NC)NCCc1nc(C(F)(F)F)cs1.I. The van der Waals surface area contributed by atoms with Gasteiger partial charge in [0.25, 0.3) is 0 Å². The highest BCUT2D eigenvalue weighted by atomic mass is 127. The third-order valence-electron chi connectivity index (χ3n) is 3.32. The van der Waals surface area contributed by atoms with Gasteiger partial charge in [0.05, 0.1) is 5.01 Å². The average Bonchev–Trinajstić information content (AvgIpc) is 2.95. The Balaban J connectivity index is 0.00000529. The molecule has 0 saturated heterocycles. The summed E-state index contributed by atoms with van der Waals surface area (Å²) in [6, 6.07) is 0.310. The molecule has 0 amide bonds. The zero-order valence-corrected chi connectivity index (χ0v) is 17.4. The van der Waals surface area contributed by atoms with E-state index in [1.165, 1.54) is 19.3 Å². The zero-order valence-electron chi connectivity index (χ0n) is 14.2. The van der Waals surface area contributed by atoms with Gasteiger partial charge in [0.2, 0.25) is 0 Å². The van der Waals surface area contributed by atoms with Crippen LogP contribution in [-0.4, -0.2) is 30.6 Å². The lowest BCUT2D eigenvalue weighted by atomic mass is 10.1. The molecule has 24 heavy (non-hydrogen) atoms. The normalized spacial score (nSPS) is 13.3. The van der Waals surface area contributed by atoms with Crippen molar-refractivity contribution in [2.24, 2.45) is 4.99 Å². The quantitative estimate of drug-likeness (QED) is 0.251. The third-order valence-corrected chi connectivity index (χ3v) is 4.23. The van der Waals surface area contributed by atoms with E-state index in [2.05, 4.69) is 34.5 Å². The van der Waals surface area contributed by atoms with Crippen LogP contribution in [0, 0.1) is 0 Å². The number of nitrogens with zero attached hydrogens (tertiary/aromatic N) is 2. The van der Waals surface area contributed by atoms with Crippen LogP contribution < -0.4 is 10.6 Å². The van der Waals surface area contributed by atoms with E-state index in [1.807, 2.05) is 0 Å². The molecule has 1 atom stereocenters. The molecule has 0 radical (unpaired) electrons. The number of hydrogen-bond acceptors (Lipinski definition) is 3. The van der Waals surface area contributed by atoms with Crippen LogP contribution in [-0.2, 0) is 12.6 Å². The van der Waals surface area contributed by atoms with Gasteiger partial charge in [-0.2, -0.15) is 13.2 Å². The number of thiazole rings is 1. The highest BCUT2D eigenvalue weighted by Gasteiger charge is 2.33. The molecule has 140 valence electrons. The maximum Gasteiger partial charge on any atom is 0.434 e. The predicted octanol–water partition coefficient (Wildman–Crippen LogP) is 4.46. The van der Waals surface area contributed by atoms with Gasteiger partial charge >= 0.3 is 6.18 Å². The molecule has 9 heteroatoms. The molecule has 1 aromatic rings. The minimum Gasteiger partial charge on any atom is -0.356 e. The molecule has 0 aliphatic carbocycles. The number of unbranched alkanes of at least 4 members (excludes halogenated alkanes) is 2. The lowest BCUT2D eigenvalue weighted by Gasteiger charge is -2.17. The summed E-state index contributed by atoms with van der Waals surface area (Å²) < 4.78 is 37.4. The molecule has 0 aromatic carbocycles. The van der Waals surface area contributed by atoms with Gasteiger partial charge in [-0.1, -0.05) is 26.2 Å². The standard InChI is InChI=1S/C15H25F3N4S.HI/c1-4-5-6-7-11(2)21-14(19-3)20-9-8-13-22-12(10-23-13)15(16,17)18;/h10-11H,4-9H2,1-3H3,(H2,19,20,21);1H. The fourth-order valence-electron chi connectivity index (χ4n) is 2.04. The Kier molecular flexibility index (Phi) is 11.6. The summed E-state index contributed by atoms with van der Waals surface area (Å²) in [5.41, 5.74) is -0.815. The molecule has 1 rings (SSSR count). The Labute approximate surface area is 162 Å². The van der Waals surface area contributed by atoms with Crippen LogP contribution in [0.2, 0.25) is 0 Å². The molecule has 1 aromatic heterocycles. The van der Waals surface area contributed by atoms with Crippen molar-refractivity contribution in [2.45, 2.75) is 58.2 Å². The second kappa shape index (κ2) is 11.9. The summed E-state index contributed by atoms with van der Waals surface area (Å²) in [5.74, 6) is 0.668. The van der Waals surface area contributed by atoms with Gasteiger partial charge in [0.15, 0.2) is 11.7 Å². The number of aromatic nitrogens is 1. The van der Waals surface area contributed by atoms with E-state index in [9.17, 15) is 13.2 Å². The zero-order chi connectivity index (χ0) is 17.3. The van der Waals surface area contributed by atoms with E-state index in [0.29, 0.717) is 30.0 Å². The van der Waals surface area contributed by atoms with Gasteiger partial charge in [-0.25, -0.2) is 4.98 Å². The summed E-state index contributed by atoms with van der Waals surface area (Å²) >= 11 is 1.03. The number of nitrogens with one attached hydrogen (secondary N) is 2. The second-order valence-electron chi connectivity index (χ2n) is 5.41. The Hall–Kier alpha value is -0.580. The molecule has 0 bridgehead atoms. The van der Waals surface area contributed by atoms with Crippen molar-refractivity contribution in [3.8, 4) is 0 Å². The van der Waals surface area contributed by atoms with E-state index in [-0.39, 0.29) is 24.0 Å². The first kappa shape index (κ1) is 23.4. The first-order valence-electron chi connectivity index (χ1n) is 7.85. The van der Waals surface area contributed by atoms with Crippen LogP contribution in [0.5, 0.6) is 0 Å². The third kappa shape index (κ3) is 9.05. The second-order valence-corrected chi connectivity index (χ2v) is 6.36. The molecule has 0 saturated carbocycles. The predicted molar refractivity (Wildman–Crippen MR) is 104 cm³/mol. The average molecular weight is 478 g/mol. The fourth-order valence-corrected chi connectivity index (χ4v) is 2.85. The summed E-state index contributed by atoms with van der Waals surface area (Å²) in [5, 5.41) is 7.92. The Morgan fingerprint density at radius 1 is 1.38 bits per heavy atom. The molecule has 0 fully saturated rings. The summed E-state index contributed by atoms with van der Waals surface area (Å²) in [7, 11) is 1.68. The van der Waals surface area contributed by atoms with E-state index in [4.69, 9.17) is 0 Å². The van der Waals surface area contributed by atoms with Gasteiger partial charge < -0.3 is 10.6 Å². The first-order valence-corrected chi connectivity index (χ1v) is 8.73. The molecule has 4 nitrogen and oxygen atoms in total. The topological polar surface area (TPSA) is 49.3 Å². The van der Waals surface area contributed by atoms with E-state index < -0.39 is 11.9 Å². The van der Waals surface area contributed by atoms with Crippen molar-refractivity contribution in [1.29, 1.82) is 0 Å². The lowest BCUT2D eigenvalue weighted by molar-refractivity contribution is -0.140. The van der Waals surface area contributed by atoms with E-state index >= 15 is 0 Å². The first-order chi connectivity index (χ1) is 10.9. The van der Waals surface area contributed by atoms with Crippen molar-refractivity contribution >= 4 is 41.3 Å². The smallest absolute Gasteiger partial charge is 0.356 e. The number of rotatable bonds is 8. The minimum absolute atomic E-state index is 0. The maximum atomic E-state index is 12.5. The van der Waals surface area contributed by atoms with Gasteiger partial charge in [-0.3, -0.25) is 4.99 Å². The molecule has 1 unspecified atom stereocenters. The Morgan fingerprint density at radius 2 is 2.08 bits per heavy atom. The fraction of sp³-hybridized carbons (Fsp3) is 0.733. The summed E-state index contributed by atoms with van der Waals surface area (Å²) in [4.78, 5) is 7.74. The van der Waals surface area contributed by atoms with Crippen LogP contribution in [0.4, 0.5) is 13.2 Å². The van der Waals surface area contributed by atoms with Crippen molar-refractivity contribution in [2.75, 3.05) is 13.6 Å². The number of halogens is 4. The van der Waals surface area contributed by atoms with Crippen molar-refractivity contribution in [3.05, 3.63) is 16.1 Å². The van der Waals surface area contributed by atoms with Crippen LogP contribution in [0.15, 0.2) is 10.4 Å². The minimum atomic E-state index is -4.37. The van der Waals surface area contributed by atoms with Gasteiger partial charge in [-0.15, -0.1) is 35.3 Å². The molecular formula is C15H26F3IN4S. The van der Waals surface area contributed by atoms with E-state index in [0.717, 1.165) is 23.1 Å². The highest BCUT2D eigenvalue weighted by molar-refractivity contribution is 14.0. The molecule has 1 heterocycles. The Morgan fingerprint density at radius 3 is 2.62 bits per heavy atom. The molecular weight excluding hydrogens is 452 g/mol.